The fourth-order valence-corrected chi connectivity index (χ4v) is 11.2. The summed E-state index contributed by atoms with van der Waals surface area (Å²) in [5.74, 6) is 1.25. The first-order valence-corrected chi connectivity index (χ1v) is 24.1. The summed E-state index contributed by atoms with van der Waals surface area (Å²) in [5.41, 5.74) is 4.82. The van der Waals surface area contributed by atoms with Crippen LogP contribution in [0.5, 0.6) is 11.5 Å². The summed E-state index contributed by atoms with van der Waals surface area (Å²) in [4.78, 5) is 31.0. The Hall–Kier alpha value is -4.09. The fourth-order valence-electron chi connectivity index (χ4n) is 9.00. The van der Waals surface area contributed by atoms with E-state index in [1.165, 1.54) is 90.4 Å². The summed E-state index contributed by atoms with van der Waals surface area (Å²) in [7, 11) is 2.20. The minimum atomic E-state index is 0.0498. The van der Waals surface area contributed by atoms with Gasteiger partial charge in [0.05, 0.1) is 19.4 Å². The van der Waals surface area contributed by atoms with E-state index in [2.05, 4.69) is 30.6 Å². The first-order valence-electron chi connectivity index (χ1n) is 22.1. The quantitative estimate of drug-likeness (QED) is 0.107. The number of methoxy groups -OCH3 is 1. The zero-order valence-electron chi connectivity index (χ0n) is 35.6. The van der Waals surface area contributed by atoms with Gasteiger partial charge in [-0.1, -0.05) is 71.4 Å². The molecule has 0 amide bonds. The number of aliphatic hydroxyl groups excluding tert-OH is 1. The Morgan fingerprint density at radius 1 is 0.645 bits per heavy atom. The molecule has 2 N–H and O–H groups in total. The third-order valence-electron chi connectivity index (χ3n) is 12.4. The lowest BCUT2D eigenvalue weighted by Gasteiger charge is -2.40. The van der Waals surface area contributed by atoms with Crippen molar-refractivity contribution in [2.45, 2.75) is 82.9 Å². The van der Waals surface area contributed by atoms with Gasteiger partial charge in [-0.2, -0.15) is 0 Å². The number of anilines is 2. The van der Waals surface area contributed by atoms with Gasteiger partial charge < -0.3 is 39.1 Å². The van der Waals surface area contributed by atoms with Gasteiger partial charge in [-0.15, -0.1) is 0 Å². The molecule has 0 spiro atoms. The van der Waals surface area contributed by atoms with Crippen LogP contribution in [0.4, 0.5) is 10.3 Å². The van der Waals surface area contributed by atoms with Crippen molar-refractivity contribution < 1.29 is 19.5 Å². The van der Waals surface area contributed by atoms with Crippen LogP contribution in [0, 0.1) is 0 Å². The lowest BCUT2D eigenvalue weighted by Crippen LogP contribution is -2.46. The van der Waals surface area contributed by atoms with Gasteiger partial charge in [0, 0.05) is 49.9 Å². The molecule has 4 aromatic heterocycles. The van der Waals surface area contributed by atoms with Gasteiger partial charge in [-0.25, -0.2) is 19.9 Å². The third kappa shape index (κ3) is 11.5. The highest BCUT2D eigenvalue weighted by Crippen LogP contribution is 2.34. The number of piperidine rings is 4. The number of fused-ring (bicyclic) bond motifs is 2. The molecule has 16 heteroatoms. The molecule has 10 rings (SSSR count). The van der Waals surface area contributed by atoms with E-state index >= 15 is 0 Å². The Bertz CT molecular complexity index is 2330. The molecule has 327 valence electrons. The molecule has 2 aromatic carbocycles. The highest BCUT2D eigenvalue weighted by atomic mass is 35.5. The molecule has 6 aromatic rings. The van der Waals surface area contributed by atoms with Crippen LogP contribution in [0.25, 0.3) is 32.0 Å². The second kappa shape index (κ2) is 22.0. The van der Waals surface area contributed by atoms with E-state index in [0.29, 0.717) is 24.3 Å². The van der Waals surface area contributed by atoms with Gasteiger partial charge in [-0.05, 0) is 126 Å². The predicted molar refractivity (Wildman–Crippen MR) is 254 cm³/mol. The summed E-state index contributed by atoms with van der Waals surface area (Å²) in [6.07, 6.45) is 13.3. The third-order valence-corrected chi connectivity index (χ3v) is 14.6. The standard InChI is InChI=1S/C23H28N4OS.C16H21ClN4S.C7H8BO3/c28-16-17-5-4-6-18(15-17)20-7-8-21-22(24-20)29-23(25-21)27-13-9-19(10-14-27)26-11-2-1-3-12-26;17-14-5-4-13-15(19-14)22-16(18-13)21-10-6-12(7-11-21)20-8-2-1-3-9-20;1-10-6-3-2-4-7(5-6)11-8-9/h4-8,15,19,28H,1-3,9-14,16H2;4-5,12H,1-3,6-11H2;2-5,9H,1H3. The first-order chi connectivity index (χ1) is 30.5. The Morgan fingerprint density at radius 3 is 1.76 bits per heavy atom. The molecule has 62 heavy (non-hydrogen) atoms. The molecule has 4 aliphatic heterocycles. The number of pyridine rings is 2. The fraction of sp³-hybridized carbons (Fsp3) is 0.478. The molecular formula is C46H57BClN8O4S2. The molecule has 0 aliphatic carbocycles. The highest BCUT2D eigenvalue weighted by Gasteiger charge is 2.28. The molecule has 0 unspecified atom stereocenters. The van der Waals surface area contributed by atoms with Crippen LogP contribution >= 0.6 is 34.3 Å². The second-order valence-corrected chi connectivity index (χ2v) is 18.7. The van der Waals surface area contributed by atoms with Crippen LogP contribution in [0.3, 0.4) is 0 Å². The number of hydrogen-bond donors (Lipinski definition) is 2. The molecule has 4 saturated heterocycles. The average molecular weight is 896 g/mol. The zero-order valence-corrected chi connectivity index (χ0v) is 38.0. The molecule has 4 aliphatic rings. The highest BCUT2D eigenvalue weighted by molar-refractivity contribution is 7.22. The lowest BCUT2D eigenvalue weighted by molar-refractivity contribution is 0.141. The van der Waals surface area contributed by atoms with Crippen LogP contribution < -0.4 is 19.2 Å². The van der Waals surface area contributed by atoms with Crippen molar-refractivity contribution in [2.24, 2.45) is 0 Å². The number of benzene rings is 2. The van der Waals surface area contributed by atoms with Gasteiger partial charge in [0.1, 0.15) is 37.3 Å². The van der Waals surface area contributed by atoms with E-state index in [-0.39, 0.29) is 6.61 Å². The summed E-state index contributed by atoms with van der Waals surface area (Å²) < 4.78 is 9.62. The van der Waals surface area contributed by atoms with Gasteiger partial charge >= 0.3 is 7.69 Å². The summed E-state index contributed by atoms with van der Waals surface area (Å²) >= 11 is 9.33. The van der Waals surface area contributed by atoms with Crippen molar-refractivity contribution in [1.29, 1.82) is 0 Å². The molecule has 0 atom stereocenters. The Morgan fingerprint density at radius 2 is 1.19 bits per heavy atom. The summed E-state index contributed by atoms with van der Waals surface area (Å²) in [6.45, 7) is 9.62. The zero-order chi connectivity index (χ0) is 42.7. The molecule has 4 fully saturated rings. The SMILES string of the molecule is COc1cccc(O[B]O)c1.Clc1ccc2nc(N3CCC(N4CCCCC4)CC3)sc2n1.OCc1cccc(-c2ccc3nc(N4CCC(N5CCCCC5)CC4)sc3n2)c1. The van der Waals surface area contributed by atoms with Crippen LogP contribution in [0.2, 0.25) is 5.15 Å². The minimum Gasteiger partial charge on any atom is -0.537 e. The Balaban J connectivity index is 0.000000141. The van der Waals surface area contributed by atoms with Gasteiger partial charge in [0.25, 0.3) is 0 Å². The van der Waals surface area contributed by atoms with Crippen molar-refractivity contribution in [3.8, 4) is 22.8 Å². The van der Waals surface area contributed by atoms with Crippen molar-refractivity contribution in [3.05, 3.63) is 83.5 Å². The Kier molecular flexibility index (Phi) is 15.8. The van der Waals surface area contributed by atoms with E-state index in [1.54, 1.807) is 54.0 Å². The second-order valence-electron chi connectivity index (χ2n) is 16.4. The minimum absolute atomic E-state index is 0.0498. The number of nitrogens with zero attached hydrogens (tertiary/aromatic N) is 8. The van der Waals surface area contributed by atoms with Crippen molar-refractivity contribution in [1.82, 2.24) is 29.7 Å². The van der Waals surface area contributed by atoms with E-state index in [0.717, 1.165) is 86.0 Å². The van der Waals surface area contributed by atoms with Crippen LogP contribution in [-0.2, 0) is 6.61 Å². The van der Waals surface area contributed by atoms with Crippen molar-refractivity contribution in [3.63, 3.8) is 0 Å². The smallest absolute Gasteiger partial charge is 0.537 e. The number of hydrogen-bond acceptors (Lipinski definition) is 14. The molecule has 0 saturated carbocycles. The van der Waals surface area contributed by atoms with Crippen molar-refractivity contribution in [2.75, 3.05) is 69.3 Å². The monoisotopic (exact) mass is 895 g/mol. The molecule has 8 heterocycles. The summed E-state index contributed by atoms with van der Waals surface area (Å²) in [6, 6.07) is 24.3. The van der Waals surface area contributed by atoms with Gasteiger partial charge in [-0.3, -0.25) is 0 Å². The number of halogens is 1. The maximum Gasteiger partial charge on any atom is 0.569 e. The Labute approximate surface area is 378 Å². The number of likely N-dealkylation sites (tertiary alicyclic amines) is 2. The number of thiazole rings is 2. The maximum atomic E-state index is 9.39. The lowest BCUT2D eigenvalue weighted by atomic mass is 10.0. The predicted octanol–water partition coefficient (Wildman–Crippen LogP) is 8.71. The van der Waals surface area contributed by atoms with Crippen LogP contribution in [0.1, 0.15) is 69.8 Å². The number of aromatic nitrogens is 4. The topological polar surface area (TPSA) is 123 Å². The molecular weight excluding hydrogens is 839 g/mol. The normalized spacial score (nSPS) is 18.2. The molecule has 1 radical (unpaired) electrons. The van der Waals surface area contributed by atoms with Gasteiger partial charge in [0.2, 0.25) is 0 Å². The maximum absolute atomic E-state index is 9.39. The number of rotatable bonds is 9. The van der Waals surface area contributed by atoms with E-state index in [9.17, 15) is 5.11 Å². The summed E-state index contributed by atoms with van der Waals surface area (Å²) in [5, 5.41) is 20.4. The number of ether oxygens (including phenoxy) is 1. The largest absolute Gasteiger partial charge is 0.569 e. The van der Waals surface area contributed by atoms with E-state index in [4.69, 9.17) is 41.0 Å². The van der Waals surface area contributed by atoms with Crippen molar-refractivity contribution >= 4 is 72.9 Å². The molecule has 0 bridgehead atoms. The van der Waals surface area contributed by atoms with Crippen LogP contribution in [0.15, 0.2) is 72.8 Å². The number of aliphatic hydroxyl groups is 1. The van der Waals surface area contributed by atoms with Gasteiger partial charge in [0.15, 0.2) is 10.3 Å². The first kappa shape index (κ1) is 44.5. The average Bonchev–Trinajstić information content (AvgIpc) is 3.97. The van der Waals surface area contributed by atoms with E-state index < -0.39 is 0 Å². The van der Waals surface area contributed by atoms with E-state index in [1.807, 2.05) is 42.5 Å². The molecule has 12 nitrogen and oxygen atoms in total. The van der Waals surface area contributed by atoms with Crippen LogP contribution in [-0.4, -0.2) is 119 Å².